The Morgan fingerprint density at radius 2 is 1.00 bits per heavy atom. The van der Waals surface area contributed by atoms with Crippen molar-refractivity contribution in [2.45, 2.75) is 25.7 Å². The molecule has 8 nitrogen and oxygen atoms in total. The maximum absolute atomic E-state index is 12.8. The third-order valence-electron chi connectivity index (χ3n) is 7.75. The van der Waals surface area contributed by atoms with Gasteiger partial charge >= 0.3 is 0 Å². The number of likely N-dealkylation sites (tertiary alicyclic amines) is 2. The van der Waals surface area contributed by atoms with Crippen molar-refractivity contribution in [2.24, 2.45) is 23.7 Å². The molecule has 3 aliphatic heterocycles. The standard InChI is InChI=1S/C22H26Cl2N4O4/c23-13-1-3-15-17(9-13)21(31)27(19(15)29)11-25-5-7-26(8-6-25)12-28-20(30)16-4-2-14(24)10-18(16)22(28)32/h1-2,15-18H,3-12H2/p+2/t15-,16-,17+,18+/m1/s1. The van der Waals surface area contributed by atoms with Gasteiger partial charge in [-0.1, -0.05) is 35.4 Å². The lowest BCUT2D eigenvalue weighted by Crippen LogP contribution is -3.29. The van der Waals surface area contributed by atoms with E-state index in [1.807, 2.05) is 12.2 Å². The molecule has 0 aromatic carbocycles. The quantitative estimate of drug-likeness (QED) is 0.489. The van der Waals surface area contributed by atoms with Gasteiger partial charge in [0.05, 0.1) is 23.7 Å². The minimum absolute atomic E-state index is 0.0779. The number of quaternary nitrogens is 2. The molecule has 0 unspecified atom stereocenters. The molecule has 4 atom stereocenters. The lowest BCUT2D eigenvalue weighted by Gasteiger charge is -2.32. The van der Waals surface area contributed by atoms with Crippen LogP contribution < -0.4 is 9.80 Å². The summed E-state index contributed by atoms with van der Waals surface area (Å²) in [4.78, 5) is 56.3. The number of allylic oxidation sites excluding steroid dienone is 4. The molecule has 0 radical (unpaired) electrons. The van der Waals surface area contributed by atoms with Crippen LogP contribution >= 0.6 is 23.2 Å². The Balaban J connectivity index is 1.14. The summed E-state index contributed by atoms with van der Waals surface area (Å²) in [5, 5.41) is 1.34. The zero-order chi connectivity index (χ0) is 22.6. The SMILES string of the molecule is O=C1[C@H]2CC(Cl)=CC[C@H]2C(=O)N1C[NH+]1CC[NH+](CN2C(=O)[C@H]3CC(Cl)=CC[C@H]3C2=O)CC1. The second-order valence-corrected chi connectivity index (χ2v) is 10.6. The van der Waals surface area contributed by atoms with Gasteiger partial charge < -0.3 is 9.80 Å². The van der Waals surface area contributed by atoms with Crippen molar-refractivity contribution < 1.29 is 29.0 Å². The van der Waals surface area contributed by atoms with Gasteiger partial charge in [-0.25, -0.2) is 9.80 Å². The van der Waals surface area contributed by atoms with Crippen LogP contribution in [0.3, 0.4) is 0 Å². The number of rotatable bonds is 4. The van der Waals surface area contributed by atoms with E-state index in [0.29, 0.717) is 49.1 Å². The Morgan fingerprint density at radius 3 is 1.38 bits per heavy atom. The highest BCUT2D eigenvalue weighted by Crippen LogP contribution is 2.39. The lowest BCUT2D eigenvalue weighted by atomic mass is 9.85. The summed E-state index contributed by atoms with van der Waals surface area (Å²) in [7, 11) is 0. The number of imide groups is 2. The van der Waals surface area contributed by atoms with Crippen LogP contribution in [0.25, 0.3) is 0 Å². The van der Waals surface area contributed by atoms with Crippen molar-refractivity contribution in [2.75, 3.05) is 39.5 Å². The molecule has 0 aromatic heterocycles. The molecule has 3 heterocycles. The summed E-state index contributed by atoms with van der Waals surface area (Å²) < 4.78 is 0. The van der Waals surface area contributed by atoms with E-state index in [4.69, 9.17) is 23.2 Å². The Labute approximate surface area is 196 Å². The number of halogens is 2. The van der Waals surface area contributed by atoms with Gasteiger partial charge in [-0.15, -0.1) is 0 Å². The average molecular weight is 483 g/mol. The molecule has 32 heavy (non-hydrogen) atoms. The smallest absolute Gasteiger partial charge is 0.237 e. The van der Waals surface area contributed by atoms with Gasteiger partial charge in [-0.2, -0.15) is 0 Å². The minimum atomic E-state index is -0.315. The van der Waals surface area contributed by atoms with E-state index in [9.17, 15) is 19.2 Å². The first-order valence-corrected chi connectivity index (χ1v) is 12.2. The number of carbonyl (C=O) groups excluding carboxylic acids is 4. The molecule has 2 aliphatic carbocycles. The average Bonchev–Trinajstić information content (AvgIpc) is 3.15. The van der Waals surface area contributed by atoms with Gasteiger partial charge in [0.2, 0.25) is 23.6 Å². The van der Waals surface area contributed by atoms with Crippen LogP contribution in [0.4, 0.5) is 0 Å². The predicted molar refractivity (Wildman–Crippen MR) is 115 cm³/mol. The molecule has 0 bridgehead atoms. The molecular weight excluding hydrogens is 455 g/mol. The Hall–Kier alpha value is -1.74. The molecule has 2 N–H and O–H groups in total. The van der Waals surface area contributed by atoms with Gasteiger partial charge in [0.25, 0.3) is 0 Å². The van der Waals surface area contributed by atoms with Gasteiger partial charge in [-0.3, -0.25) is 19.2 Å². The number of nitrogens with zero attached hydrogens (tertiary/aromatic N) is 2. The molecule has 0 saturated carbocycles. The summed E-state index contributed by atoms with van der Waals surface area (Å²) in [6.45, 7) is 3.86. The molecule has 4 amide bonds. The Kier molecular flexibility index (Phi) is 5.90. The fourth-order valence-electron chi connectivity index (χ4n) is 5.82. The Bertz CT molecular complexity index is 853. The fraction of sp³-hybridized carbons (Fsp3) is 0.636. The van der Waals surface area contributed by atoms with Crippen molar-refractivity contribution in [3.63, 3.8) is 0 Å². The maximum Gasteiger partial charge on any atom is 0.237 e. The van der Waals surface area contributed by atoms with Crippen LogP contribution in [-0.4, -0.2) is 72.9 Å². The van der Waals surface area contributed by atoms with Crippen molar-refractivity contribution in [1.82, 2.24) is 9.80 Å². The number of amides is 4. The number of fused-ring (bicyclic) bond motifs is 2. The molecule has 0 aromatic rings. The van der Waals surface area contributed by atoms with Gasteiger partial charge in [-0.05, 0) is 25.7 Å². The fourth-order valence-corrected chi connectivity index (χ4v) is 6.34. The van der Waals surface area contributed by atoms with Crippen LogP contribution in [0.2, 0.25) is 0 Å². The summed E-state index contributed by atoms with van der Waals surface area (Å²) >= 11 is 12.2. The second kappa shape index (κ2) is 8.56. The number of hydrogen-bond acceptors (Lipinski definition) is 4. The topological polar surface area (TPSA) is 83.6 Å². The van der Waals surface area contributed by atoms with Crippen molar-refractivity contribution in [3.05, 3.63) is 22.2 Å². The highest BCUT2D eigenvalue weighted by atomic mass is 35.5. The molecule has 3 saturated heterocycles. The van der Waals surface area contributed by atoms with Crippen molar-refractivity contribution >= 4 is 46.8 Å². The molecule has 172 valence electrons. The van der Waals surface area contributed by atoms with Crippen LogP contribution in [0.5, 0.6) is 0 Å². The van der Waals surface area contributed by atoms with Crippen molar-refractivity contribution in [3.8, 4) is 0 Å². The van der Waals surface area contributed by atoms with Crippen LogP contribution in [0.15, 0.2) is 22.2 Å². The normalized spacial score (nSPS) is 37.4. The van der Waals surface area contributed by atoms with E-state index >= 15 is 0 Å². The highest BCUT2D eigenvalue weighted by Gasteiger charge is 2.51. The van der Waals surface area contributed by atoms with Gasteiger partial charge in [0, 0.05) is 10.1 Å². The van der Waals surface area contributed by atoms with E-state index in [2.05, 4.69) is 0 Å². The summed E-state index contributed by atoms with van der Waals surface area (Å²) in [5.74, 6) is -1.52. The van der Waals surface area contributed by atoms with Crippen LogP contribution in [0, 0.1) is 23.7 Å². The lowest BCUT2D eigenvalue weighted by molar-refractivity contribution is -1.02. The zero-order valence-corrected chi connectivity index (χ0v) is 19.3. The Morgan fingerprint density at radius 1 is 0.656 bits per heavy atom. The van der Waals surface area contributed by atoms with E-state index in [-0.39, 0.29) is 47.3 Å². The first-order chi connectivity index (χ1) is 15.3. The largest absolute Gasteiger partial charge is 0.308 e. The van der Waals surface area contributed by atoms with E-state index in [1.54, 1.807) is 0 Å². The first-order valence-electron chi connectivity index (χ1n) is 11.4. The van der Waals surface area contributed by atoms with Gasteiger partial charge in [0.1, 0.15) is 26.2 Å². The summed E-state index contributed by atoms with van der Waals surface area (Å²) in [6, 6.07) is 0. The molecule has 3 fully saturated rings. The maximum atomic E-state index is 12.8. The molecule has 5 rings (SSSR count). The third kappa shape index (κ3) is 3.81. The minimum Gasteiger partial charge on any atom is -0.308 e. The van der Waals surface area contributed by atoms with Crippen LogP contribution in [0.1, 0.15) is 25.7 Å². The first kappa shape index (κ1) is 22.1. The highest BCUT2D eigenvalue weighted by molar-refractivity contribution is 6.30. The van der Waals surface area contributed by atoms with Gasteiger partial charge in [0.15, 0.2) is 13.3 Å². The third-order valence-corrected chi connectivity index (χ3v) is 8.37. The molecule has 5 aliphatic rings. The summed E-state index contributed by atoms with van der Waals surface area (Å²) in [6.07, 6.45) is 5.71. The second-order valence-electron chi connectivity index (χ2n) is 9.63. The van der Waals surface area contributed by atoms with E-state index in [0.717, 1.165) is 26.2 Å². The molecular formula is C22H28Cl2N4O4+2. The van der Waals surface area contributed by atoms with E-state index < -0.39 is 0 Å². The molecule has 0 spiro atoms. The number of carbonyl (C=O) groups is 4. The number of nitrogens with one attached hydrogen (secondary N) is 2. The summed E-state index contributed by atoms with van der Waals surface area (Å²) in [5.41, 5.74) is 0. The number of piperazine rings is 1. The zero-order valence-electron chi connectivity index (χ0n) is 17.8. The molecule has 10 heteroatoms. The van der Waals surface area contributed by atoms with Crippen molar-refractivity contribution in [1.29, 1.82) is 0 Å². The van der Waals surface area contributed by atoms with E-state index in [1.165, 1.54) is 19.6 Å². The number of hydrogen-bond donors (Lipinski definition) is 2. The predicted octanol–water partition coefficient (Wildman–Crippen LogP) is -1.28. The monoisotopic (exact) mass is 482 g/mol. The van der Waals surface area contributed by atoms with Crippen LogP contribution in [-0.2, 0) is 19.2 Å².